The molecule has 0 saturated heterocycles. The van der Waals surface area contributed by atoms with Gasteiger partial charge in [-0.3, -0.25) is 0 Å². The van der Waals surface area contributed by atoms with Crippen molar-refractivity contribution >= 4 is 16.7 Å². The number of para-hydroxylation sites is 1. The van der Waals surface area contributed by atoms with Gasteiger partial charge in [0.1, 0.15) is 29.2 Å². The Labute approximate surface area is 187 Å². The molecule has 1 unspecified atom stereocenters. The molecule has 0 aliphatic carbocycles. The van der Waals surface area contributed by atoms with Gasteiger partial charge in [0.2, 0.25) is 0 Å². The van der Waals surface area contributed by atoms with Gasteiger partial charge in [0, 0.05) is 36.3 Å². The van der Waals surface area contributed by atoms with Crippen molar-refractivity contribution in [3.63, 3.8) is 0 Å². The molecule has 33 heavy (non-hydrogen) atoms. The fourth-order valence-corrected chi connectivity index (χ4v) is 3.81. The maximum atomic E-state index is 13.8. The van der Waals surface area contributed by atoms with Gasteiger partial charge in [0.05, 0.1) is 12.1 Å². The molecule has 0 bridgehead atoms. The number of hydrogen-bond donors (Lipinski definition) is 2. The number of aliphatic hydroxyl groups is 1. The molecular formula is C24H20F2N6O. The minimum absolute atomic E-state index is 0.0859. The first-order valence-electron chi connectivity index (χ1n) is 10.3. The molecule has 9 heteroatoms. The molecule has 166 valence electrons. The Morgan fingerprint density at radius 2 is 1.76 bits per heavy atom. The molecule has 7 nitrogen and oxygen atoms in total. The first-order chi connectivity index (χ1) is 16.1. The van der Waals surface area contributed by atoms with E-state index in [-0.39, 0.29) is 13.1 Å². The zero-order valence-corrected chi connectivity index (χ0v) is 17.4. The Bertz CT molecular complexity index is 1350. The maximum Gasteiger partial charge on any atom is 0.147 e. The highest BCUT2D eigenvalue weighted by Gasteiger charge is 2.20. The second-order valence-electron chi connectivity index (χ2n) is 7.63. The van der Waals surface area contributed by atoms with Crippen molar-refractivity contribution in [1.82, 2.24) is 25.0 Å². The molecule has 1 atom stereocenters. The predicted molar refractivity (Wildman–Crippen MR) is 120 cm³/mol. The smallest absolute Gasteiger partial charge is 0.147 e. The van der Waals surface area contributed by atoms with Gasteiger partial charge in [-0.05, 0) is 54.1 Å². The van der Waals surface area contributed by atoms with E-state index in [4.69, 9.17) is 0 Å². The van der Waals surface area contributed by atoms with Crippen molar-refractivity contribution in [3.05, 3.63) is 96.3 Å². The van der Waals surface area contributed by atoms with Gasteiger partial charge in [-0.25, -0.2) is 18.4 Å². The van der Waals surface area contributed by atoms with Gasteiger partial charge >= 0.3 is 0 Å². The van der Waals surface area contributed by atoms with Crippen LogP contribution in [0.25, 0.3) is 22.4 Å². The van der Waals surface area contributed by atoms with Crippen molar-refractivity contribution in [1.29, 1.82) is 0 Å². The second kappa shape index (κ2) is 8.79. The molecule has 0 radical (unpaired) electrons. The summed E-state index contributed by atoms with van der Waals surface area (Å²) >= 11 is 0. The Balaban J connectivity index is 1.47. The topological polar surface area (TPSA) is 82.9 Å². The van der Waals surface area contributed by atoms with Crippen LogP contribution in [0.4, 0.5) is 14.5 Å². The van der Waals surface area contributed by atoms with Crippen molar-refractivity contribution in [2.75, 3.05) is 4.90 Å². The highest BCUT2D eigenvalue weighted by Crippen LogP contribution is 2.25. The molecule has 0 amide bonds. The van der Waals surface area contributed by atoms with Crippen molar-refractivity contribution in [2.45, 2.75) is 19.3 Å². The van der Waals surface area contributed by atoms with Gasteiger partial charge < -0.3 is 15.0 Å². The lowest BCUT2D eigenvalue weighted by atomic mass is 10.1. The van der Waals surface area contributed by atoms with E-state index in [9.17, 15) is 13.9 Å². The molecule has 0 fully saturated rings. The number of H-pyrrole nitrogens is 1. The highest BCUT2D eigenvalue weighted by molar-refractivity contribution is 5.73. The number of halogens is 2. The molecule has 0 saturated carbocycles. The van der Waals surface area contributed by atoms with Crippen LogP contribution in [0, 0.1) is 11.6 Å². The zero-order valence-electron chi connectivity index (χ0n) is 17.4. The highest BCUT2D eigenvalue weighted by atomic mass is 19.1. The van der Waals surface area contributed by atoms with Crippen LogP contribution in [-0.4, -0.2) is 36.3 Å². The number of hydrogen-bond acceptors (Lipinski definition) is 5. The summed E-state index contributed by atoms with van der Waals surface area (Å²) < 4.78 is 29.2. The monoisotopic (exact) mass is 446 g/mol. The van der Waals surface area contributed by atoms with Crippen LogP contribution in [0.15, 0.2) is 79.1 Å². The van der Waals surface area contributed by atoms with Crippen molar-refractivity contribution in [3.8, 4) is 11.4 Å². The molecule has 3 aromatic carbocycles. The molecule has 5 aromatic rings. The SMILES string of the molecule is OC(Cn1nnc2ccccc21)N(Cc1cc(F)cc(F)c1)c1ccc(-c2ncc[nH]2)cc1. The number of aromatic nitrogens is 5. The minimum atomic E-state index is -1.05. The molecule has 5 rings (SSSR count). The van der Waals surface area contributed by atoms with Crippen LogP contribution in [0.3, 0.4) is 0 Å². The summed E-state index contributed by atoms with van der Waals surface area (Å²) in [5.74, 6) is -0.625. The van der Waals surface area contributed by atoms with Gasteiger partial charge in [-0.1, -0.05) is 17.3 Å². The number of benzene rings is 3. The lowest BCUT2D eigenvalue weighted by Gasteiger charge is -2.30. The quantitative estimate of drug-likeness (QED) is 0.368. The normalized spacial score (nSPS) is 12.2. The summed E-state index contributed by atoms with van der Waals surface area (Å²) in [7, 11) is 0. The van der Waals surface area contributed by atoms with E-state index in [0.29, 0.717) is 16.8 Å². The average Bonchev–Trinajstić information content (AvgIpc) is 3.48. The van der Waals surface area contributed by atoms with E-state index in [2.05, 4.69) is 20.3 Å². The maximum absolute atomic E-state index is 13.8. The van der Waals surface area contributed by atoms with Gasteiger partial charge in [-0.15, -0.1) is 5.10 Å². The van der Waals surface area contributed by atoms with E-state index in [1.807, 2.05) is 48.5 Å². The summed E-state index contributed by atoms with van der Waals surface area (Å²) in [6.45, 7) is 0.195. The largest absolute Gasteiger partial charge is 0.372 e. The van der Waals surface area contributed by atoms with Crippen molar-refractivity contribution < 1.29 is 13.9 Å². The lowest BCUT2D eigenvalue weighted by Crippen LogP contribution is -2.38. The van der Waals surface area contributed by atoms with E-state index < -0.39 is 17.9 Å². The van der Waals surface area contributed by atoms with Gasteiger partial charge in [-0.2, -0.15) is 0 Å². The summed E-state index contributed by atoms with van der Waals surface area (Å²) in [6.07, 6.45) is 2.36. The predicted octanol–water partition coefficient (Wildman–Crippen LogP) is 4.12. The molecular weight excluding hydrogens is 426 g/mol. The van der Waals surface area contributed by atoms with Crippen LogP contribution in [-0.2, 0) is 13.1 Å². The summed E-state index contributed by atoms with van der Waals surface area (Å²) in [4.78, 5) is 8.95. The summed E-state index contributed by atoms with van der Waals surface area (Å²) in [5.41, 5.74) is 3.43. The van der Waals surface area contributed by atoms with Crippen LogP contribution < -0.4 is 4.90 Å². The summed E-state index contributed by atoms with van der Waals surface area (Å²) in [5, 5.41) is 19.4. The third-order valence-corrected chi connectivity index (χ3v) is 5.36. The van der Waals surface area contributed by atoms with Crippen LogP contribution in [0.2, 0.25) is 0 Å². The third kappa shape index (κ3) is 4.44. The number of aliphatic hydroxyl groups excluding tert-OH is 1. The van der Waals surface area contributed by atoms with E-state index in [1.54, 1.807) is 22.0 Å². The molecule has 0 spiro atoms. The van der Waals surface area contributed by atoms with Crippen LogP contribution in [0.1, 0.15) is 5.56 Å². The number of rotatable bonds is 7. The number of nitrogens with one attached hydrogen (secondary N) is 1. The molecule has 2 N–H and O–H groups in total. The number of anilines is 1. The molecule has 2 aromatic heterocycles. The number of nitrogens with zero attached hydrogens (tertiary/aromatic N) is 5. The first kappa shape index (κ1) is 20.8. The molecule has 0 aliphatic heterocycles. The standard InChI is InChI=1S/C24H20F2N6O/c25-18-11-16(12-19(26)13-18)14-31(20-7-5-17(6-8-20)24-27-9-10-28-24)23(33)15-32-22-4-2-1-3-21(22)29-30-32/h1-13,23,33H,14-15H2,(H,27,28). The van der Waals surface area contributed by atoms with E-state index in [0.717, 1.165) is 23.0 Å². The number of imidazole rings is 1. The molecule has 0 aliphatic rings. The Morgan fingerprint density at radius 1 is 1.00 bits per heavy atom. The number of fused-ring (bicyclic) bond motifs is 1. The molecule has 2 heterocycles. The zero-order chi connectivity index (χ0) is 22.8. The Morgan fingerprint density at radius 3 is 2.48 bits per heavy atom. The van der Waals surface area contributed by atoms with Gasteiger partial charge in [0.15, 0.2) is 0 Å². The van der Waals surface area contributed by atoms with E-state index >= 15 is 0 Å². The lowest BCUT2D eigenvalue weighted by molar-refractivity contribution is 0.143. The summed E-state index contributed by atoms with van der Waals surface area (Å²) in [6, 6.07) is 18.2. The Kier molecular flexibility index (Phi) is 5.54. The van der Waals surface area contributed by atoms with Crippen LogP contribution in [0.5, 0.6) is 0 Å². The second-order valence-corrected chi connectivity index (χ2v) is 7.63. The van der Waals surface area contributed by atoms with Crippen molar-refractivity contribution in [2.24, 2.45) is 0 Å². The van der Waals surface area contributed by atoms with E-state index in [1.165, 1.54) is 12.1 Å². The fraction of sp³-hybridized carbons (Fsp3) is 0.125. The van der Waals surface area contributed by atoms with Gasteiger partial charge in [0.25, 0.3) is 0 Å². The fourth-order valence-electron chi connectivity index (χ4n) is 3.81. The Hall–Kier alpha value is -4.11. The average molecular weight is 446 g/mol. The minimum Gasteiger partial charge on any atom is -0.372 e. The van der Waals surface area contributed by atoms with Crippen LogP contribution >= 0.6 is 0 Å². The first-order valence-corrected chi connectivity index (χ1v) is 10.3. The number of aromatic amines is 1. The third-order valence-electron chi connectivity index (χ3n) is 5.36.